The van der Waals surface area contributed by atoms with Crippen molar-refractivity contribution < 1.29 is 32.9 Å². The van der Waals surface area contributed by atoms with E-state index in [0.29, 0.717) is 17.4 Å². The van der Waals surface area contributed by atoms with Gasteiger partial charge in [-0.3, -0.25) is 9.36 Å². The van der Waals surface area contributed by atoms with Crippen LogP contribution in [0.3, 0.4) is 0 Å². The lowest BCUT2D eigenvalue weighted by molar-refractivity contribution is -0.870. The van der Waals surface area contributed by atoms with E-state index in [1.807, 2.05) is 27.2 Å². The van der Waals surface area contributed by atoms with Gasteiger partial charge in [0.05, 0.1) is 39.9 Å². The third-order valence-electron chi connectivity index (χ3n) is 18.2. The summed E-state index contributed by atoms with van der Waals surface area (Å²) < 4.78 is 23.5. The maximum absolute atomic E-state index is 13.1. The number of hydrogen-bond acceptors (Lipinski definition) is 6. The van der Waals surface area contributed by atoms with Crippen molar-refractivity contribution in [3.63, 3.8) is 0 Å². The highest BCUT2D eigenvalue weighted by Crippen LogP contribution is 2.38. The maximum Gasteiger partial charge on any atom is 0.268 e. The van der Waals surface area contributed by atoms with Crippen molar-refractivity contribution in [3.8, 4) is 0 Å². The topological polar surface area (TPSA) is 108 Å². The molecule has 2 N–H and O–H groups in total. The molecule has 0 aromatic carbocycles. The van der Waals surface area contributed by atoms with Gasteiger partial charge in [-0.15, -0.1) is 0 Å². The van der Waals surface area contributed by atoms with E-state index in [0.717, 1.165) is 51.4 Å². The number of nitrogens with one attached hydrogen (secondary N) is 1. The zero-order valence-corrected chi connectivity index (χ0v) is 61.8. The van der Waals surface area contributed by atoms with Crippen molar-refractivity contribution in [1.29, 1.82) is 0 Å². The predicted octanol–water partition coefficient (Wildman–Crippen LogP) is 25.3. The van der Waals surface area contributed by atoms with Gasteiger partial charge in [0.1, 0.15) is 13.2 Å². The highest BCUT2D eigenvalue weighted by Gasteiger charge is 2.23. The van der Waals surface area contributed by atoms with Gasteiger partial charge in [0.25, 0.3) is 7.82 Å². The molecular weight excluding hydrogens is 1130 g/mol. The number of unbranched alkanes of at least 4 members (excludes halogenated alkanes) is 53. The Labute approximate surface area is 562 Å². The Kier molecular flexibility index (Phi) is 70.1. The second-order valence-electron chi connectivity index (χ2n) is 28.4. The van der Waals surface area contributed by atoms with E-state index in [9.17, 15) is 19.4 Å². The second kappa shape index (κ2) is 71.5. The lowest BCUT2D eigenvalue weighted by atomic mass is 10.0. The van der Waals surface area contributed by atoms with E-state index < -0.39 is 20.0 Å². The van der Waals surface area contributed by atoms with Crippen LogP contribution in [0.4, 0.5) is 0 Å². The summed E-state index contributed by atoms with van der Waals surface area (Å²) in [5, 5.41) is 14.0. The molecule has 0 heterocycles. The van der Waals surface area contributed by atoms with Gasteiger partial charge in [-0.05, 0) is 70.6 Å². The van der Waals surface area contributed by atoms with Crippen LogP contribution < -0.4 is 10.2 Å². The van der Waals surface area contributed by atoms with E-state index in [4.69, 9.17) is 9.05 Å². The lowest BCUT2D eigenvalue weighted by Gasteiger charge is -2.29. The zero-order valence-electron chi connectivity index (χ0n) is 60.9. The van der Waals surface area contributed by atoms with Crippen LogP contribution in [0.5, 0.6) is 0 Å². The number of aliphatic hydroxyl groups excluding tert-OH is 1. The van der Waals surface area contributed by atoms with Gasteiger partial charge in [-0.1, -0.05) is 383 Å². The lowest BCUT2D eigenvalue weighted by Crippen LogP contribution is -2.45. The molecule has 0 aromatic heterocycles. The van der Waals surface area contributed by atoms with E-state index >= 15 is 0 Å². The summed E-state index contributed by atoms with van der Waals surface area (Å²) in [4.78, 5) is 25.7. The Morgan fingerprint density at radius 3 is 0.978 bits per heavy atom. The summed E-state index contributed by atoms with van der Waals surface area (Å²) in [6.07, 6.45) is 99.7. The third-order valence-corrected chi connectivity index (χ3v) is 19.2. The molecule has 90 heavy (non-hydrogen) atoms. The number of quaternary nitrogens is 1. The number of amides is 1. The zero-order chi connectivity index (χ0) is 65.5. The van der Waals surface area contributed by atoms with E-state index in [1.54, 1.807) is 6.08 Å². The summed E-state index contributed by atoms with van der Waals surface area (Å²) in [5.74, 6) is -0.199. The molecule has 0 saturated heterocycles. The van der Waals surface area contributed by atoms with Gasteiger partial charge >= 0.3 is 0 Å². The summed E-state index contributed by atoms with van der Waals surface area (Å²) in [5.41, 5.74) is 0. The molecule has 0 saturated carbocycles. The highest BCUT2D eigenvalue weighted by molar-refractivity contribution is 7.45. The standard InChI is InChI=1S/C81H155N2O6P/c1-6-8-10-12-14-16-18-20-22-24-26-28-30-32-34-35-36-37-38-39-40-41-42-43-44-45-46-47-49-51-53-55-57-59-61-63-65-67-69-71-73-75-81(85)82-79(78-89-90(86,87)88-77-76-83(3,4)5)80(84)74-72-70-68-66-64-62-60-58-56-54-52-50-48-33-31-29-27-25-23-21-19-17-15-13-11-9-7-2/h18,20,24,26,30,32,64,66,72,74,79-80,84H,6-17,19,21-23,25,27-29,31,33-63,65,67-71,73,75-78H2,1-5H3,(H-,82,85,86,87)/b20-18-,26-24-,32-30-,66-64+,74-72+. The number of allylic oxidation sites excluding steroid dienone is 9. The van der Waals surface area contributed by atoms with E-state index in [1.165, 1.54) is 327 Å². The first-order valence-electron chi connectivity index (χ1n) is 39.7. The predicted molar refractivity (Wildman–Crippen MR) is 394 cm³/mol. The average Bonchev–Trinajstić information content (AvgIpc) is 3.09. The second-order valence-corrected chi connectivity index (χ2v) is 29.8. The van der Waals surface area contributed by atoms with Gasteiger partial charge < -0.3 is 28.8 Å². The Morgan fingerprint density at radius 2 is 0.656 bits per heavy atom. The maximum atomic E-state index is 13.1. The van der Waals surface area contributed by atoms with Gasteiger partial charge in [0, 0.05) is 6.42 Å². The minimum Gasteiger partial charge on any atom is -0.756 e. The average molecular weight is 1280 g/mol. The van der Waals surface area contributed by atoms with Gasteiger partial charge in [-0.25, -0.2) is 0 Å². The highest BCUT2D eigenvalue weighted by atomic mass is 31.2. The molecule has 530 valence electrons. The number of nitrogens with zero attached hydrogens (tertiary/aromatic N) is 1. The van der Waals surface area contributed by atoms with Crippen LogP contribution >= 0.6 is 7.82 Å². The fraction of sp³-hybridized carbons (Fsp3) is 0.864. The normalized spacial score (nSPS) is 13.8. The summed E-state index contributed by atoms with van der Waals surface area (Å²) >= 11 is 0. The first kappa shape index (κ1) is 88.2. The Bertz CT molecular complexity index is 1650. The van der Waals surface area contributed by atoms with Crippen molar-refractivity contribution in [3.05, 3.63) is 60.8 Å². The molecule has 0 aromatic rings. The molecule has 0 radical (unpaired) electrons. The molecule has 0 aliphatic heterocycles. The molecule has 1 amide bonds. The molecule has 3 atom stereocenters. The number of carbonyl (C=O) groups excluding carboxylic acids is 1. The van der Waals surface area contributed by atoms with Crippen LogP contribution in [0.15, 0.2) is 60.8 Å². The molecule has 0 bridgehead atoms. The molecule has 9 heteroatoms. The van der Waals surface area contributed by atoms with Crippen molar-refractivity contribution in [2.24, 2.45) is 0 Å². The first-order chi connectivity index (χ1) is 44.0. The minimum atomic E-state index is -4.61. The number of rotatable bonds is 74. The van der Waals surface area contributed by atoms with Crippen LogP contribution in [0, 0.1) is 0 Å². The van der Waals surface area contributed by atoms with Gasteiger partial charge in [0.2, 0.25) is 5.91 Å². The number of aliphatic hydroxyl groups is 1. The van der Waals surface area contributed by atoms with Crippen molar-refractivity contribution in [2.45, 2.75) is 411 Å². The number of phosphoric ester groups is 1. The molecule has 3 unspecified atom stereocenters. The van der Waals surface area contributed by atoms with Crippen molar-refractivity contribution in [1.82, 2.24) is 5.32 Å². The number of carbonyl (C=O) groups is 1. The quantitative estimate of drug-likeness (QED) is 0.0272. The minimum absolute atomic E-state index is 0.00513. The van der Waals surface area contributed by atoms with E-state index in [-0.39, 0.29) is 19.1 Å². The summed E-state index contributed by atoms with van der Waals surface area (Å²) in [6, 6.07) is -0.905. The summed E-state index contributed by atoms with van der Waals surface area (Å²) in [6.45, 7) is 4.67. The Morgan fingerprint density at radius 1 is 0.389 bits per heavy atom. The van der Waals surface area contributed by atoms with Gasteiger partial charge in [-0.2, -0.15) is 0 Å². The largest absolute Gasteiger partial charge is 0.756 e. The molecule has 0 aliphatic carbocycles. The molecule has 0 spiro atoms. The molecule has 0 fully saturated rings. The first-order valence-corrected chi connectivity index (χ1v) is 41.1. The van der Waals surface area contributed by atoms with Crippen LogP contribution in [0.25, 0.3) is 0 Å². The molecular formula is C81H155N2O6P. The Balaban J connectivity index is 3.95. The van der Waals surface area contributed by atoms with Gasteiger partial charge in [0.15, 0.2) is 0 Å². The fourth-order valence-electron chi connectivity index (χ4n) is 12.1. The SMILES string of the molecule is CCCCCCC/C=C\C/C=C\C/C=C\CCCCCCCCCCCCCCCCCCCCCCCCCCCCC(=O)NC(COP(=O)([O-])OCC[N+](C)(C)C)C(O)/C=C/CC/C=C/CCCCCCCCCCCCCCCCCCCCCCC. The smallest absolute Gasteiger partial charge is 0.268 e. The Hall–Kier alpha value is -1.80. The van der Waals surface area contributed by atoms with Crippen LogP contribution in [0.1, 0.15) is 399 Å². The van der Waals surface area contributed by atoms with Crippen molar-refractivity contribution >= 4 is 13.7 Å². The molecule has 0 rings (SSSR count). The monoisotopic (exact) mass is 1280 g/mol. The number of likely N-dealkylation sites (N-methyl/N-ethyl adjacent to an activating group) is 1. The van der Waals surface area contributed by atoms with Crippen LogP contribution in [-0.2, 0) is 18.4 Å². The summed E-state index contributed by atoms with van der Waals surface area (Å²) in [7, 11) is 1.26. The third kappa shape index (κ3) is 73.6. The molecule has 0 aliphatic rings. The van der Waals surface area contributed by atoms with Crippen LogP contribution in [-0.4, -0.2) is 68.5 Å². The fourth-order valence-corrected chi connectivity index (χ4v) is 12.8. The van der Waals surface area contributed by atoms with Crippen LogP contribution in [0.2, 0.25) is 0 Å². The number of phosphoric acid groups is 1. The van der Waals surface area contributed by atoms with E-state index in [2.05, 4.69) is 67.8 Å². The number of hydrogen-bond donors (Lipinski definition) is 2. The van der Waals surface area contributed by atoms with Crippen molar-refractivity contribution in [2.75, 3.05) is 40.9 Å². The molecule has 8 nitrogen and oxygen atoms in total.